The Morgan fingerprint density at radius 1 is 1.45 bits per heavy atom. The zero-order valence-corrected chi connectivity index (χ0v) is 11.1. The van der Waals surface area contributed by atoms with Gasteiger partial charge in [-0.1, -0.05) is 12.8 Å². The average Bonchev–Trinajstić information content (AvgIpc) is 2.46. The Morgan fingerprint density at radius 2 is 2.20 bits per heavy atom. The number of anilines is 1. The second kappa shape index (κ2) is 6.35. The van der Waals surface area contributed by atoms with Crippen LogP contribution in [0.3, 0.4) is 0 Å². The van der Waals surface area contributed by atoms with Gasteiger partial charge in [0.2, 0.25) is 0 Å². The van der Waals surface area contributed by atoms with Crippen LogP contribution in [0.1, 0.15) is 31.2 Å². The first-order chi connectivity index (χ1) is 9.61. The number of nitrogens with one attached hydrogen (secondary N) is 1. The molecule has 0 aromatic heterocycles. The third kappa shape index (κ3) is 3.25. The van der Waals surface area contributed by atoms with Gasteiger partial charge in [-0.15, -0.1) is 0 Å². The molecule has 6 nitrogen and oxygen atoms in total. The van der Waals surface area contributed by atoms with Crippen LogP contribution in [0.2, 0.25) is 0 Å². The molecule has 20 heavy (non-hydrogen) atoms. The van der Waals surface area contributed by atoms with Gasteiger partial charge in [-0.2, -0.15) is 5.26 Å². The largest absolute Gasteiger partial charge is 0.393 e. The Kier molecular flexibility index (Phi) is 4.53. The number of hydrogen-bond acceptors (Lipinski definition) is 5. The molecule has 2 atom stereocenters. The van der Waals surface area contributed by atoms with Crippen LogP contribution in [0, 0.1) is 27.4 Å². The van der Waals surface area contributed by atoms with E-state index < -0.39 is 4.92 Å². The molecule has 2 rings (SSSR count). The minimum Gasteiger partial charge on any atom is -0.393 e. The summed E-state index contributed by atoms with van der Waals surface area (Å²) in [4.78, 5) is 10.5. The van der Waals surface area contributed by atoms with Crippen molar-refractivity contribution in [1.29, 1.82) is 5.26 Å². The molecule has 0 radical (unpaired) electrons. The summed E-state index contributed by atoms with van der Waals surface area (Å²) >= 11 is 0. The zero-order valence-electron chi connectivity index (χ0n) is 11.1. The lowest BCUT2D eigenvalue weighted by Crippen LogP contribution is -2.30. The Labute approximate surface area is 117 Å². The van der Waals surface area contributed by atoms with E-state index in [2.05, 4.69) is 5.32 Å². The second-order valence-corrected chi connectivity index (χ2v) is 5.09. The first-order valence-corrected chi connectivity index (χ1v) is 6.72. The smallest absolute Gasteiger partial charge is 0.292 e. The fourth-order valence-electron chi connectivity index (χ4n) is 2.57. The third-order valence-corrected chi connectivity index (χ3v) is 3.75. The topological polar surface area (TPSA) is 99.2 Å². The van der Waals surface area contributed by atoms with E-state index in [1.54, 1.807) is 0 Å². The van der Waals surface area contributed by atoms with Crippen LogP contribution in [-0.4, -0.2) is 22.7 Å². The molecule has 0 aliphatic heterocycles. The minimum absolute atomic E-state index is 0.0469. The van der Waals surface area contributed by atoms with Crippen LogP contribution in [-0.2, 0) is 0 Å². The molecule has 106 valence electrons. The van der Waals surface area contributed by atoms with Crippen molar-refractivity contribution < 1.29 is 10.0 Å². The van der Waals surface area contributed by atoms with Gasteiger partial charge in [-0.05, 0) is 25.0 Å². The molecule has 1 aromatic rings. The fraction of sp³-hybridized carbons (Fsp3) is 0.500. The lowest BCUT2D eigenvalue weighted by atomic mass is 9.86. The van der Waals surface area contributed by atoms with Gasteiger partial charge in [-0.3, -0.25) is 10.1 Å². The number of hydrogen-bond donors (Lipinski definition) is 2. The molecular weight excluding hydrogens is 258 g/mol. The lowest BCUT2D eigenvalue weighted by molar-refractivity contribution is -0.384. The quantitative estimate of drug-likeness (QED) is 0.649. The van der Waals surface area contributed by atoms with Crippen molar-refractivity contribution >= 4 is 11.4 Å². The highest BCUT2D eigenvalue weighted by atomic mass is 16.6. The van der Waals surface area contributed by atoms with E-state index in [1.807, 2.05) is 6.07 Å². The van der Waals surface area contributed by atoms with Gasteiger partial charge < -0.3 is 10.4 Å². The van der Waals surface area contributed by atoms with Crippen LogP contribution in [0.25, 0.3) is 0 Å². The van der Waals surface area contributed by atoms with Crippen molar-refractivity contribution in [3.8, 4) is 6.07 Å². The van der Waals surface area contributed by atoms with Crippen LogP contribution >= 0.6 is 0 Å². The van der Waals surface area contributed by atoms with Gasteiger partial charge in [0.25, 0.3) is 5.69 Å². The molecule has 1 fully saturated rings. The molecule has 1 aromatic carbocycles. The van der Waals surface area contributed by atoms with Crippen LogP contribution < -0.4 is 5.32 Å². The molecule has 2 unspecified atom stereocenters. The van der Waals surface area contributed by atoms with E-state index in [-0.39, 0.29) is 17.7 Å². The normalized spacial score (nSPS) is 22.0. The van der Waals surface area contributed by atoms with Gasteiger partial charge in [-0.25, -0.2) is 0 Å². The number of aliphatic hydroxyl groups is 1. The van der Waals surface area contributed by atoms with Crippen LogP contribution in [0.4, 0.5) is 11.4 Å². The standard InChI is InChI=1S/C14H17N3O3/c15-8-10-5-6-13(17(19)20)12(7-10)16-9-11-3-1-2-4-14(11)18/h5-7,11,14,16,18H,1-4,9H2. The zero-order chi connectivity index (χ0) is 14.5. The number of aliphatic hydroxyl groups excluding tert-OH is 1. The van der Waals surface area contributed by atoms with Crippen molar-refractivity contribution in [3.63, 3.8) is 0 Å². The molecule has 1 aliphatic rings. The fourth-order valence-corrected chi connectivity index (χ4v) is 2.57. The SMILES string of the molecule is N#Cc1ccc([N+](=O)[O-])c(NCC2CCCCC2O)c1. The van der Waals surface area contributed by atoms with Gasteiger partial charge in [0.05, 0.1) is 22.7 Å². The first-order valence-electron chi connectivity index (χ1n) is 6.72. The predicted molar refractivity (Wildman–Crippen MR) is 74.3 cm³/mol. The second-order valence-electron chi connectivity index (χ2n) is 5.09. The van der Waals surface area contributed by atoms with Gasteiger partial charge in [0.1, 0.15) is 5.69 Å². The number of nitro benzene ring substituents is 1. The highest BCUT2D eigenvalue weighted by Crippen LogP contribution is 2.28. The summed E-state index contributed by atoms with van der Waals surface area (Å²) in [5.41, 5.74) is 0.670. The summed E-state index contributed by atoms with van der Waals surface area (Å²) in [5, 5.41) is 32.7. The first kappa shape index (κ1) is 14.3. The highest BCUT2D eigenvalue weighted by molar-refractivity contribution is 5.64. The Hall–Kier alpha value is -2.13. The third-order valence-electron chi connectivity index (χ3n) is 3.75. The summed E-state index contributed by atoms with van der Waals surface area (Å²) < 4.78 is 0. The number of benzene rings is 1. The molecule has 0 heterocycles. The summed E-state index contributed by atoms with van der Waals surface area (Å²) in [5.74, 6) is 0.106. The van der Waals surface area contributed by atoms with Crippen molar-refractivity contribution in [3.05, 3.63) is 33.9 Å². The van der Waals surface area contributed by atoms with E-state index >= 15 is 0 Å². The maximum Gasteiger partial charge on any atom is 0.292 e. The summed E-state index contributed by atoms with van der Waals surface area (Å²) in [7, 11) is 0. The molecule has 0 bridgehead atoms. The van der Waals surface area contributed by atoms with E-state index in [9.17, 15) is 15.2 Å². The minimum atomic E-state index is -0.471. The van der Waals surface area contributed by atoms with E-state index in [0.29, 0.717) is 17.8 Å². The molecule has 6 heteroatoms. The van der Waals surface area contributed by atoms with Gasteiger partial charge in [0.15, 0.2) is 0 Å². The summed E-state index contributed by atoms with van der Waals surface area (Å²) in [6, 6.07) is 6.21. The molecule has 1 aliphatic carbocycles. The molecule has 0 spiro atoms. The number of nitrogens with zero attached hydrogens (tertiary/aromatic N) is 2. The average molecular weight is 275 g/mol. The lowest BCUT2D eigenvalue weighted by Gasteiger charge is -2.27. The molecule has 0 amide bonds. The highest BCUT2D eigenvalue weighted by Gasteiger charge is 2.23. The van der Waals surface area contributed by atoms with Crippen LogP contribution in [0.5, 0.6) is 0 Å². The van der Waals surface area contributed by atoms with Gasteiger partial charge >= 0.3 is 0 Å². The van der Waals surface area contributed by atoms with Crippen molar-refractivity contribution in [2.75, 3.05) is 11.9 Å². The number of rotatable bonds is 4. The molecular formula is C14H17N3O3. The Bertz CT molecular complexity index is 539. The van der Waals surface area contributed by atoms with Crippen molar-refractivity contribution in [2.24, 2.45) is 5.92 Å². The van der Waals surface area contributed by atoms with E-state index in [1.165, 1.54) is 18.2 Å². The predicted octanol–water partition coefficient (Wildman–Crippen LogP) is 2.43. The number of nitriles is 1. The van der Waals surface area contributed by atoms with Gasteiger partial charge in [0, 0.05) is 18.5 Å². The van der Waals surface area contributed by atoms with E-state index in [4.69, 9.17) is 5.26 Å². The maximum atomic E-state index is 11.0. The van der Waals surface area contributed by atoms with Crippen molar-refractivity contribution in [1.82, 2.24) is 0 Å². The molecule has 0 saturated heterocycles. The molecule has 1 saturated carbocycles. The Morgan fingerprint density at radius 3 is 2.85 bits per heavy atom. The van der Waals surface area contributed by atoms with E-state index in [0.717, 1.165) is 25.7 Å². The number of nitro groups is 1. The monoisotopic (exact) mass is 275 g/mol. The maximum absolute atomic E-state index is 11.0. The van der Waals surface area contributed by atoms with Crippen molar-refractivity contribution in [2.45, 2.75) is 31.8 Å². The summed E-state index contributed by atoms with van der Waals surface area (Å²) in [6.45, 7) is 0.483. The van der Waals surface area contributed by atoms with Crippen LogP contribution in [0.15, 0.2) is 18.2 Å². The Balaban J connectivity index is 2.11. The summed E-state index contributed by atoms with van der Waals surface area (Å²) in [6.07, 6.45) is 3.45. The molecule has 2 N–H and O–H groups in total.